The highest BCUT2D eigenvalue weighted by Crippen LogP contribution is 2.17. The van der Waals surface area contributed by atoms with Crippen LogP contribution < -0.4 is 10.4 Å². The first-order valence-electron chi connectivity index (χ1n) is 7.45. The molecule has 0 aromatic carbocycles. The molecule has 1 aromatic heterocycles. The van der Waals surface area contributed by atoms with Gasteiger partial charge in [0.05, 0.1) is 13.2 Å². The zero-order valence-electron chi connectivity index (χ0n) is 13.3. The number of hydrogen-bond donors (Lipinski definition) is 0. The molecule has 2 rings (SSSR count). The highest BCUT2D eigenvalue weighted by Gasteiger charge is 2.19. The van der Waals surface area contributed by atoms with E-state index in [0.29, 0.717) is 19.8 Å². The molecule has 0 radical (unpaired) electrons. The molecular weight excluding hydrogens is 324 g/mol. The predicted molar refractivity (Wildman–Crippen MR) is 87.5 cm³/mol. The lowest BCUT2D eigenvalue weighted by Gasteiger charge is -2.16. The van der Waals surface area contributed by atoms with Crippen molar-refractivity contribution in [3.05, 3.63) is 21.7 Å². The quantitative estimate of drug-likeness (QED) is 0.431. The number of rotatable bonds is 7. The number of nitrogens with zero attached hydrogens (tertiary/aromatic N) is 2. The van der Waals surface area contributed by atoms with Crippen LogP contribution in [0.3, 0.4) is 0 Å². The van der Waals surface area contributed by atoms with Gasteiger partial charge >= 0.3 is 5.69 Å². The lowest BCUT2D eigenvalue weighted by atomic mass is 10.3. The second kappa shape index (κ2) is 7.59. The molecule has 0 N–H and O–H groups in total. The van der Waals surface area contributed by atoms with Crippen molar-refractivity contribution in [3.8, 4) is 5.88 Å². The van der Waals surface area contributed by atoms with Crippen LogP contribution >= 0.6 is 11.6 Å². The zero-order valence-corrected chi connectivity index (χ0v) is 15.1. The minimum atomic E-state index is -1.15. The molecule has 0 bridgehead atoms. The van der Waals surface area contributed by atoms with E-state index in [-0.39, 0.29) is 23.9 Å². The third-order valence-electron chi connectivity index (χ3n) is 3.33. The SMILES string of the molecule is C[Si](C)(C)CCOCn1c(Cl)cc(OC2CCOC2)nc1=O. The summed E-state index contributed by atoms with van der Waals surface area (Å²) < 4.78 is 17.7. The minimum Gasteiger partial charge on any atom is -0.472 e. The van der Waals surface area contributed by atoms with Gasteiger partial charge in [-0.1, -0.05) is 31.2 Å². The fraction of sp³-hybridized carbons (Fsp3) is 0.714. The summed E-state index contributed by atoms with van der Waals surface area (Å²) in [5.74, 6) is 0.240. The van der Waals surface area contributed by atoms with Crippen molar-refractivity contribution in [1.82, 2.24) is 9.55 Å². The van der Waals surface area contributed by atoms with Gasteiger partial charge in [0.2, 0.25) is 5.88 Å². The van der Waals surface area contributed by atoms with Crippen LogP contribution in [0.1, 0.15) is 6.42 Å². The van der Waals surface area contributed by atoms with E-state index < -0.39 is 13.8 Å². The van der Waals surface area contributed by atoms with Crippen molar-refractivity contribution in [2.75, 3.05) is 19.8 Å². The molecule has 1 fully saturated rings. The zero-order chi connectivity index (χ0) is 16.2. The van der Waals surface area contributed by atoms with Crippen LogP contribution in [0.4, 0.5) is 0 Å². The maximum Gasteiger partial charge on any atom is 0.353 e. The summed E-state index contributed by atoms with van der Waals surface area (Å²) in [5.41, 5.74) is -0.464. The Balaban J connectivity index is 1.93. The van der Waals surface area contributed by atoms with E-state index in [4.69, 9.17) is 25.8 Å². The molecule has 124 valence electrons. The molecule has 1 unspecified atom stereocenters. The summed E-state index contributed by atoms with van der Waals surface area (Å²) in [5, 5.41) is 0.266. The van der Waals surface area contributed by atoms with E-state index >= 15 is 0 Å². The second-order valence-electron chi connectivity index (χ2n) is 6.58. The predicted octanol–water partition coefficient (Wildman–Crippen LogP) is 2.38. The average Bonchev–Trinajstić information content (AvgIpc) is 2.88. The van der Waals surface area contributed by atoms with Crippen molar-refractivity contribution >= 4 is 19.7 Å². The van der Waals surface area contributed by atoms with Gasteiger partial charge in [0.15, 0.2) is 0 Å². The molecule has 8 heteroatoms. The van der Waals surface area contributed by atoms with Crippen LogP contribution in [0.25, 0.3) is 0 Å². The fourth-order valence-corrected chi connectivity index (χ4v) is 2.92. The van der Waals surface area contributed by atoms with Crippen LogP contribution in [-0.2, 0) is 16.2 Å². The standard InChI is InChI=1S/C14H23ClN2O4Si/c1-22(2,3)7-6-20-10-17-12(15)8-13(16-14(17)18)21-11-4-5-19-9-11/h8,11H,4-7,9-10H2,1-3H3. The molecule has 0 spiro atoms. The monoisotopic (exact) mass is 346 g/mol. The summed E-state index contributed by atoms with van der Waals surface area (Å²) in [4.78, 5) is 15.9. The fourth-order valence-electron chi connectivity index (χ4n) is 1.95. The molecule has 1 saturated heterocycles. The number of ether oxygens (including phenoxy) is 3. The van der Waals surface area contributed by atoms with Gasteiger partial charge in [-0.05, 0) is 6.04 Å². The van der Waals surface area contributed by atoms with Crippen molar-refractivity contribution in [1.29, 1.82) is 0 Å². The second-order valence-corrected chi connectivity index (χ2v) is 12.6. The molecule has 1 atom stereocenters. The lowest BCUT2D eigenvalue weighted by Crippen LogP contribution is -2.28. The number of hydrogen-bond acceptors (Lipinski definition) is 5. The molecular formula is C14H23ClN2O4Si. The van der Waals surface area contributed by atoms with Crippen molar-refractivity contribution in [2.45, 2.75) is 44.9 Å². The summed E-state index contributed by atoms with van der Waals surface area (Å²) in [7, 11) is -1.15. The first-order chi connectivity index (χ1) is 10.3. The molecule has 1 aliphatic rings. The maximum atomic E-state index is 12.0. The van der Waals surface area contributed by atoms with E-state index in [0.717, 1.165) is 12.5 Å². The van der Waals surface area contributed by atoms with Gasteiger partial charge in [0.1, 0.15) is 18.0 Å². The Morgan fingerprint density at radius 1 is 1.50 bits per heavy atom. The summed E-state index contributed by atoms with van der Waals surface area (Å²) in [6.45, 7) is 8.74. The molecule has 2 heterocycles. The van der Waals surface area contributed by atoms with E-state index in [2.05, 4.69) is 24.6 Å². The summed E-state index contributed by atoms with van der Waals surface area (Å²) >= 11 is 6.13. The van der Waals surface area contributed by atoms with Crippen LogP contribution in [0.15, 0.2) is 10.9 Å². The number of aromatic nitrogens is 2. The Labute approximate surface area is 136 Å². The van der Waals surface area contributed by atoms with Crippen LogP contribution in [-0.4, -0.2) is 43.5 Å². The van der Waals surface area contributed by atoms with Gasteiger partial charge in [-0.2, -0.15) is 4.98 Å². The van der Waals surface area contributed by atoms with Gasteiger partial charge in [0, 0.05) is 27.2 Å². The van der Waals surface area contributed by atoms with Crippen molar-refractivity contribution < 1.29 is 14.2 Å². The van der Waals surface area contributed by atoms with Gasteiger partial charge in [-0.3, -0.25) is 4.57 Å². The highest BCUT2D eigenvalue weighted by molar-refractivity contribution is 6.76. The molecule has 1 aliphatic heterocycles. The Hall–Kier alpha value is -0.893. The van der Waals surface area contributed by atoms with Gasteiger partial charge in [-0.15, -0.1) is 0 Å². The smallest absolute Gasteiger partial charge is 0.353 e. The normalized spacial score (nSPS) is 18.6. The number of halogens is 1. The van der Waals surface area contributed by atoms with Gasteiger partial charge in [-0.25, -0.2) is 4.79 Å². The molecule has 6 nitrogen and oxygen atoms in total. The van der Waals surface area contributed by atoms with Crippen LogP contribution in [0, 0.1) is 0 Å². The van der Waals surface area contributed by atoms with Crippen molar-refractivity contribution in [2.24, 2.45) is 0 Å². The maximum absolute atomic E-state index is 12.0. The first-order valence-corrected chi connectivity index (χ1v) is 11.5. The molecule has 0 amide bonds. The van der Waals surface area contributed by atoms with E-state index in [1.54, 1.807) is 6.07 Å². The molecule has 0 aliphatic carbocycles. The average molecular weight is 347 g/mol. The van der Waals surface area contributed by atoms with E-state index in [1.165, 1.54) is 4.57 Å². The van der Waals surface area contributed by atoms with Crippen molar-refractivity contribution in [3.63, 3.8) is 0 Å². The molecule has 0 saturated carbocycles. The topological polar surface area (TPSA) is 62.6 Å². The third-order valence-corrected chi connectivity index (χ3v) is 5.35. The minimum absolute atomic E-state index is 0.0631. The lowest BCUT2D eigenvalue weighted by molar-refractivity contribution is 0.0831. The van der Waals surface area contributed by atoms with E-state index in [1.807, 2.05) is 0 Å². The third kappa shape index (κ3) is 5.39. The highest BCUT2D eigenvalue weighted by atomic mass is 35.5. The Kier molecular flexibility index (Phi) is 6.02. The Morgan fingerprint density at radius 2 is 2.27 bits per heavy atom. The Bertz CT molecular complexity index is 553. The summed E-state index contributed by atoms with van der Waals surface area (Å²) in [6.07, 6.45) is 0.731. The summed E-state index contributed by atoms with van der Waals surface area (Å²) in [6, 6.07) is 2.58. The largest absolute Gasteiger partial charge is 0.472 e. The van der Waals surface area contributed by atoms with E-state index in [9.17, 15) is 4.79 Å². The Morgan fingerprint density at radius 3 is 2.86 bits per heavy atom. The molecule has 22 heavy (non-hydrogen) atoms. The van der Waals surface area contributed by atoms with Crippen LogP contribution in [0.5, 0.6) is 5.88 Å². The van der Waals surface area contributed by atoms with Gasteiger partial charge < -0.3 is 14.2 Å². The van der Waals surface area contributed by atoms with Gasteiger partial charge in [0.25, 0.3) is 0 Å². The van der Waals surface area contributed by atoms with Crippen LogP contribution in [0.2, 0.25) is 30.8 Å². The first kappa shape index (κ1) is 17.5. The molecule has 1 aromatic rings.